The van der Waals surface area contributed by atoms with Crippen molar-refractivity contribution >= 4 is 5.97 Å². The van der Waals surface area contributed by atoms with Gasteiger partial charge in [-0.3, -0.25) is 0 Å². The van der Waals surface area contributed by atoms with E-state index in [0.717, 1.165) is 32.1 Å². The predicted molar refractivity (Wildman–Crippen MR) is 57.9 cm³/mol. The molecule has 0 aliphatic heterocycles. The maximum Gasteiger partial charge on any atom is 0.162 e. The molecule has 4 aliphatic carbocycles. The largest absolute Gasteiger partial charge is 0.550 e. The Labute approximate surface area is 104 Å². The predicted octanol–water partition coefficient (Wildman–Crippen LogP) is -0.282. The zero-order chi connectivity index (χ0) is 12.4. The molecule has 2 unspecified atom stereocenters. The molecule has 4 aliphatic rings. The number of hydrogen-bond donors (Lipinski definition) is 0. The minimum Gasteiger partial charge on any atom is -0.550 e. The van der Waals surface area contributed by atoms with Gasteiger partial charge in [-0.1, -0.05) is 0 Å². The Hall–Kier alpha value is -1.46. The van der Waals surface area contributed by atoms with Crippen LogP contribution in [0, 0.1) is 17.3 Å². The summed E-state index contributed by atoms with van der Waals surface area (Å²) >= 11 is 0. The molecule has 4 saturated carbocycles. The lowest BCUT2D eigenvalue weighted by Gasteiger charge is -2.61. The van der Waals surface area contributed by atoms with E-state index in [2.05, 4.69) is 15.4 Å². The highest BCUT2D eigenvalue weighted by atomic mass is 16.4. The van der Waals surface area contributed by atoms with Crippen molar-refractivity contribution in [2.75, 3.05) is 0 Å². The van der Waals surface area contributed by atoms with Crippen LogP contribution in [0.1, 0.15) is 38.5 Å². The number of carboxylic acids is 1. The quantitative estimate of drug-likeness (QED) is 0.717. The average molecular weight is 247 g/mol. The van der Waals surface area contributed by atoms with Crippen LogP contribution < -0.4 is 5.11 Å². The number of nitrogens with zero attached hydrogens (tertiary/aromatic N) is 4. The summed E-state index contributed by atoms with van der Waals surface area (Å²) < 4.78 is 0. The molecule has 0 amide bonds. The fourth-order valence-electron chi connectivity index (χ4n) is 5.07. The van der Waals surface area contributed by atoms with Crippen LogP contribution in [0.25, 0.3) is 0 Å². The molecule has 1 heterocycles. The van der Waals surface area contributed by atoms with Gasteiger partial charge in [-0.2, -0.15) is 4.80 Å². The Kier molecular flexibility index (Phi) is 1.80. The summed E-state index contributed by atoms with van der Waals surface area (Å²) in [5.41, 5.74) is -0.863. The second kappa shape index (κ2) is 3.10. The fourth-order valence-corrected chi connectivity index (χ4v) is 5.07. The number of carboxylic acid groups (broad SMARTS) is 1. The van der Waals surface area contributed by atoms with Gasteiger partial charge in [0.2, 0.25) is 0 Å². The standard InChI is InChI=1S/C12H16N4O2/c17-10(18)11-2-8-1-9(3-11)5-12(4-8,6-11)16-14-7-13-15-16/h7-9H,1-6H2,(H,17,18)/p-1. The van der Waals surface area contributed by atoms with Crippen LogP contribution in [0.3, 0.4) is 0 Å². The lowest BCUT2D eigenvalue weighted by Crippen LogP contribution is -2.61. The van der Waals surface area contributed by atoms with Crippen molar-refractivity contribution in [2.24, 2.45) is 17.3 Å². The highest BCUT2D eigenvalue weighted by Gasteiger charge is 2.60. The number of rotatable bonds is 2. The van der Waals surface area contributed by atoms with E-state index >= 15 is 0 Å². The lowest BCUT2D eigenvalue weighted by atomic mass is 9.47. The van der Waals surface area contributed by atoms with E-state index < -0.39 is 11.4 Å². The van der Waals surface area contributed by atoms with E-state index in [1.165, 1.54) is 6.33 Å². The van der Waals surface area contributed by atoms with Gasteiger partial charge in [0.15, 0.2) is 6.33 Å². The first-order chi connectivity index (χ1) is 8.62. The van der Waals surface area contributed by atoms with Crippen molar-refractivity contribution in [3.05, 3.63) is 6.33 Å². The number of aliphatic carboxylic acids is 1. The zero-order valence-corrected chi connectivity index (χ0v) is 10.1. The van der Waals surface area contributed by atoms with E-state index in [-0.39, 0.29) is 5.54 Å². The SMILES string of the molecule is O=C([O-])C12CC3CC(C1)CC(n1ncnn1)(C3)C2. The van der Waals surface area contributed by atoms with Gasteiger partial charge >= 0.3 is 0 Å². The first-order valence-corrected chi connectivity index (χ1v) is 6.57. The molecule has 1 aromatic heterocycles. The molecule has 96 valence electrons. The van der Waals surface area contributed by atoms with E-state index in [1.54, 1.807) is 4.80 Å². The summed E-state index contributed by atoms with van der Waals surface area (Å²) in [6.45, 7) is 0. The molecule has 6 heteroatoms. The van der Waals surface area contributed by atoms with Crippen LogP contribution in [-0.2, 0) is 10.3 Å². The number of carbonyl (C=O) groups is 1. The number of tetrazole rings is 1. The fraction of sp³-hybridized carbons (Fsp3) is 0.833. The Morgan fingerprint density at radius 1 is 1.28 bits per heavy atom. The van der Waals surface area contributed by atoms with Gasteiger partial charge in [0.25, 0.3) is 0 Å². The molecule has 4 bridgehead atoms. The van der Waals surface area contributed by atoms with Gasteiger partial charge in [-0.05, 0) is 55.6 Å². The van der Waals surface area contributed by atoms with Crippen LogP contribution in [0.5, 0.6) is 0 Å². The van der Waals surface area contributed by atoms with Crippen molar-refractivity contribution in [3.8, 4) is 0 Å². The maximum absolute atomic E-state index is 11.6. The van der Waals surface area contributed by atoms with E-state index in [9.17, 15) is 9.90 Å². The third-order valence-corrected chi connectivity index (χ3v) is 5.24. The summed E-state index contributed by atoms with van der Waals surface area (Å²) in [6.07, 6.45) is 6.76. The summed E-state index contributed by atoms with van der Waals surface area (Å²) in [6, 6.07) is 0. The van der Waals surface area contributed by atoms with Gasteiger partial charge in [-0.15, -0.1) is 10.2 Å². The average Bonchev–Trinajstić information content (AvgIpc) is 2.80. The molecule has 1 aromatic rings. The Balaban J connectivity index is 1.81. The highest BCUT2D eigenvalue weighted by Crippen LogP contribution is 2.63. The molecular weight excluding hydrogens is 232 g/mol. The Morgan fingerprint density at radius 3 is 2.56 bits per heavy atom. The van der Waals surface area contributed by atoms with E-state index in [4.69, 9.17) is 0 Å². The van der Waals surface area contributed by atoms with Crippen molar-refractivity contribution in [1.29, 1.82) is 0 Å². The van der Waals surface area contributed by atoms with Crippen molar-refractivity contribution < 1.29 is 9.90 Å². The normalized spacial score (nSPS) is 45.3. The third-order valence-electron chi connectivity index (χ3n) is 5.24. The molecule has 2 atom stereocenters. The van der Waals surface area contributed by atoms with E-state index in [1.807, 2.05) is 0 Å². The van der Waals surface area contributed by atoms with Crippen LogP contribution in [0.15, 0.2) is 6.33 Å². The first-order valence-electron chi connectivity index (χ1n) is 6.57. The molecule has 0 radical (unpaired) electrons. The molecule has 6 nitrogen and oxygen atoms in total. The summed E-state index contributed by atoms with van der Waals surface area (Å²) in [4.78, 5) is 13.3. The lowest BCUT2D eigenvalue weighted by molar-refractivity contribution is -0.329. The maximum atomic E-state index is 11.6. The zero-order valence-electron chi connectivity index (χ0n) is 10.1. The van der Waals surface area contributed by atoms with Crippen LogP contribution in [-0.4, -0.2) is 26.2 Å². The van der Waals surface area contributed by atoms with Crippen molar-refractivity contribution in [1.82, 2.24) is 20.2 Å². The molecule has 0 N–H and O–H groups in total. The van der Waals surface area contributed by atoms with Gasteiger partial charge in [-0.25, -0.2) is 0 Å². The van der Waals surface area contributed by atoms with Crippen LogP contribution in [0.2, 0.25) is 0 Å². The minimum absolute atomic E-state index is 0.222. The van der Waals surface area contributed by atoms with Gasteiger partial charge in [0.1, 0.15) is 0 Å². The number of aromatic nitrogens is 4. The topological polar surface area (TPSA) is 83.7 Å². The monoisotopic (exact) mass is 247 g/mol. The highest BCUT2D eigenvalue weighted by molar-refractivity contribution is 5.73. The molecule has 5 rings (SSSR count). The van der Waals surface area contributed by atoms with Crippen molar-refractivity contribution in [3.63, 3.8) is 0 Å². The van der Waals surface area contributed by atoms with Crippen LogP contribution >= 0.6 is 0 Å². The van der Waals surface area contributed by atoms with Crippen molar-refractivity contribution in [2.45, 2.75) is 44.1 Å². The van der Waals surface area contributed by atoms with Gasteiger partial charge in [0.05, 0.1) is 5.54 Å². The molecule has 18 heavy (non-hydrogen) atoms. The second-order valence-electron chi connectivity index (χ2n) is 6.48. The Morgan fingerprint density at radius 2 is 2.00 bits per heavy atom. The van der Waals surface area contributed by atoms with E-state index in [0.29, 0.717) is 18.3 Å². The smallest absolute Gasteiger partial charge is 0.162 e. The van der Waals surface area contributed by atoms with Gasteiger partial charge < -0.3 is 9.90 Å². The Bertz CT molecular complexity index is 484. The summed E-state index contributed by atoms with van der Waals surface area (Å²) in [7, 11) is 0. The number of hydrogen-bond acceptors (Lipinski definition) is 5. The summed E-state index contributed by atoms with van der Waals surface area (Å²) in [5, 5.41) is 23.6. The molecule has 0 spiro atoms. The second-order valence-corrected chi connectivity index (χ2v) is 6.48. The third kappa shape index (κ3) is 1.18. The summed E-state index contributed by atoms with van der Waals surface area (Å²) in [5.74, 6) is 0.0893. The van der Waals surface area contributed by atoms with Crippen LogP contribution in [0.4, 0.5) is 0 Å². The minimum atomic E-state index is -0.874. The first kappa shape index (κ1) is 10.5. The number of carbonyl (C=O) groups excluding carboxylic acids is 1. The molecule has 0 aromatic carbocycles. The van der Waals surface area contributed by atoms with Gasteiger partial charge in [0, 0.05) is 11.4 Å². The molecular formula is C12H15N4O2-. The molecule has 4 fully saturated rings. The molecule has 0 saturated heterocycles.